The number of phenols is 1. The Morgan fingerprint density at radius 2 is 2.11 bits per heavy atom. The van der Waals surface area contributed by atoms with Crippen molar-refractivity contribution < 1.29 is 33.7 Å². The van der Waals surface area contributed by atoms with Crippen molar-refractivity contribution in [3.8, 4) is 11.5 Å². The van der Waals surface area contributed by atoms with Gasteiger partial charge in [-0.15, -0.1) is 0 Å². The summed E-state index contributed by atoms with van der Waals surface area (Å²) in [6.45, 7) is 1.28. The van der Waals surface area contributed by atoms with Crippen LogP contribution in [0.5, 0.6) is 11.5 Å². The first-order chi connectivity index (χ1) is 12.8. The molecule has 4 N–H and O–H groups in total. The monoisotopic (exact) mass is 398 g/mol. The Morgan fingerprint density at radius 1 is 1.41 bits per heavy atom. The van der Waals surface area contributed by atoms with Gasteiger partial charge >= 0.3 is 11.9 Å². The summed E-state index contributed by atoms with van der Waals surface area (Å²) in [5.41, 5.74) is 6.75. The summed E-state index contributed by atoms with van der Waals surface area (Å²) in [4.78, 5) is 36.6. The summed E-state index contributed by atoms with van der Waals surface area (Å²) in [6, 6.07) is -0.661. The van der Waals surface area contributed by atoms with E-state index in [1.165, 1.54) is 32.0 Å². The van der Waals surface area contributed by atoms with Crippen LogP contribution < -0.4 is 15.8 Å². The number of phenolic OH excluding ortho intramolecular Hbond substituents is 1. The van der Waals surface area contributed by atoms with Crippen LogP contribution in [0, 0.1) is 6.92 Å². The van der Waals surface area contributed by atoms with Gasteiger partial charge in [0.25, 0.3) is 0 Å². The van der Waals surface area contributed by atoms with E-state index >= 15 is 0 Å². The first kappa shape index (κ1) is 20.8. The molecule has 10 heteroatoms. The molecule has 148 valence electrons. The smallest absolute Gasteiger partial charge is 0.339 e. The predicted octanol–water partition coefficient (Wildman–Crippen LogP) is 0.0979. The van der Waals surface area contributed by atoms with Gasteiger partial charge in [0.2, 0.25) is 5.91 Å². The van der Waals surface area contributed by atoms with Crippen LogP contribution in [-0.2, 0) is 24.8 Å². The minimum Gasteiger partial charge on any atom is -0.507 e. The molecule has 27 heavy (non-hydrogen) atoms. The van der Waals surface area contributed by atoms with Gasteiger partial charge in [-0.3, -0.25) is 4.79 Å². The lowest BCUT2D eigenvalue weighted by molar-refractivity contribution is -0.144. The fourth-order valence-electron chi connectivity index (χ4n) is 2.61. The van der Waals surface area contributed by atoms with Crippen LogP contribution in [0.2, 0.25) is 0 Å². The van der Waals surface area contributed by atoms with Crippen molar-refractivity contribution in [1.29, 1.82) is 0 Å². The van der Waals surface area contributed by atoms with E-state index in [9.17, 15) is 19.5 Å². The summed E-state index contributed by atoms with van der Waals surface area (Å²) in [5.74, 6) is -1.39. The number of carbonyl (C=O) groups excluding carboxylic acids is 3. The summed E-state index contributed by atoms with van der Waals surface area (Å²) in [7, 11) is 2.64. The Hall–Kier alpha value is -2.46. The number of amides is 1. The van der Waals surface area contributed by atoms with Gasteiger partial charge in [0.1, 0.15) is 30.2 Å². The molecule has 1 amide bonds. The van der Waals surface area contributed by atoms with Gasteiger partial charge in [-0.25, -0.2) is 9.59 Å². The molecule has 1 aromatic rings. The van der Waals surface area contributed by atoms with E-state index in [0.717, 1.165) is 0 Å². The van der Waals surface area contributed by atoms with Gasteiger partial charge in [0.15, 0.2) is 0 Å². The quantitative estimate of drug-likeness (QED) is 0.592. The second kappa shape index (κ2) is 8.96. The van der Waals surface area contributed by atoms with E-state index in [2.05, 4.69) is 5.32 Å². The number of fused-ring (bicyclic) bond motifs is 1. The number of nitrogens with two attached hydrogens (primary N) is 1. The molecule has 0 bridgehead atoms. The Bertz CT molecular complexity index is 753. The van der Waals surface area contributed by atoms with Gasteiger partial charge in [-0.1, -0.05) is 0 Å². The second-order valence-corrected chi connectivity index (χ2v) is 6.91. The molecule has 0 saturated carbocycles. The molecule has 2 rings (SSSR count). The third kappa shape index (κ3) is 4.64. The summed E-state index contributed by atoms with van der Waals surface area (Å²) >= 11 is 1.24. The molecule has 0 fully saturated rings. The lowest BCUT2D eigenvalue weighted by Gasteiger charge is -2.22. The van der Waals surface area contributed by atoms with Gasteiger partial charge in [-0.05, 0) is 6.92 Å². The number of methoxy groups -OCH3 is 2. The van der Waals surface area contributed by atoms with Crippen LogP contribution in [0.4, 0.5) is 0 Å². The van der Waals surface area contributed by atoms with Crippen LogP contribution in [0.25, 0.3) is 0 Å². The number of thioether (sulfide) groups is 1. The van der Waals surface area contributed by atoms with Crippen LogP contribution in [0.15, 0.2) is 6.07 Å². The minimum absolute atomic E-state index is 0.128. The predicted molar refractivity (Wildman–Crippen MR) is 97.8 cm³/mol. The zero-order chi connectivity index (χ0) is 20.1. The highest BCUT2D eigenvalue weighted by Crippen LogP contribution is 2.35. The zero-order valence-electron chi connectivity index (χ0n) is 15.2. The maximum atomic E-state index is 12.6. The number of nitrogens with one attached hydrogen (secondary N) is 1. The molecule has 0 radical (unpaired) electrons. The molecule has 1 aliphatic rings. The van der Waals surface area contributed by atoms with Gasteiger partial charge in [0, 0.05) is 28.7 Å². The highest BCUT2D eigenvalue weighted by Gasteiger charge is 2.29. The number of hydrogen-bond donors (Lipinski definition) is 3. The Kier molecular flexibility index (Phi) is 6.92. The molecular weight excluding hydrogens is 376 g/mol. The number of ether oxygens (including phenoxy) is 3. The Balaban J connectivity index is 2.44. The number of rotatable bonds is 2. The van der Waals surface area contributed by atoms with Crippen molar-refractivity contribution in [3.63, 3.8) is 0 Å². The standard InChI is InChI=1S/C17H22N2O7S/c1-8-13(24-2)4-12(20)9-6-27-7-11(16(22)25-3)19-15(21)10(18)5-26-17(23)14(8)9/h4,10-11,20H,5-7,18H2,1-3H3,(H,19,21)/t10-,11+/m0/s1. The lowest BCUT2D eigenvalue weighted by Crippen LogP contribution is -2.51. The molecule has 0 spiro atoms. The first-order valence-corrected chi connectivity index (χ1v) is 9.23. The molecule has 1 aromatic carbocycles. The van der Waals surface area contributed by atoms with E-state index in [1.807, 2.05) is 0 Å². The van der Waals surface area contributed by atoms with Gasteiger partial charge < -0.3 is 30.4 Å². The number of hydrogen-bond acceptors (Lipinski definition) is 9. The summed E-state index contributed by atoms with van der Waals surface area (Å²) in [5, 5.41) is 12.8. The third-order valence-corrected chi connectivity index (χ3v) is 5.17. The van der Waals surface area contributed by atoms with E-state index < -0.39 is 29.9 Å². The second-order valence-electron chi connectivity index (χ2n) is 5.88. The van der Waals surface area contributed by atoms with Gasteiger partial charge in [-0.2, -0.15) is 11.8 Å². The number of benzene rings is 1. The fraction of sp³-hybridized carbons (Fsp3) is 0.471. The minimum atomic E-state index is -1.16. The van der Waals surface area contributed by atoms with Crippen molar-refractivity contribution in [3.05, 3.63) is 22.8 Å². The highest BCUT2D eigenvalue weighted by molar-refractivity contribution is 7.98. The molecule has 0 saturated heterocycles. The van der Waals surface area contributed by atoms with Crippen molar-refractivity contribution in [1.82, 2.24) is 5.32 Å². The number of carbonyl (C=O) groups is 3. The topological polar surface area (TPSA) is 137 Å². The van der Waals surface area contributed by atoms with Crippen LogP contribution >= 0.6 is 11.8 Å². The van der Waals surface area contributed by atoms with Crippen molar-refractivity contribution in [2.24, 2.45) is 5.73 Å². The van der Waals surface area contributed by atoms with E-state index in [4.69, 9.17) is 19.9 Å². The van der Waals surface area contributed by atoms with E-state index in [0.29, 0.717) is 16.9 Å². The maximum Gasteiger partial charge on any atom is 0.339 e. The molecule has 1 aliphatic heterocycles. The molecule has 9 nitrogen and oxygen atoms in total. The summed E-state index contributed by atoms with van der Waals surface area (Å²) in [6.07, 6.45) is 0. The van der Waals surface area contributed by atoms with Crippen LogP contribution in [0.1, 0.15) is 21.5 Å². The largest absolute Gasteiger partial charge is 0.507 e. The normalized spacial score (nSPS) is 21.0. The Labute approximate surface area is 160 Å². The maximum absolute atomic E-state index is 12.6. The Morgan fingerprint density at radius 3 is 2.74 bits per heavy atom. The SMILES string of the molecule is COC(=O)[C@H]1CSCc2c(O)cc(OC)c(C)c2C(=O)OC[C@H](N)C(=O)N1. The van der Waals surface area contributed by atoms with E-state index in [1.54, 1.807) is 6.92 Å². The summed E-state index contributed by atoms with van der Waals surface area (Å²) < 4.78 is 15.1. The first-order valence-electron chi connectivity index (χ1n) is 8.08. The van der Waals surface area contributed by atoms with E-state index in [-0.39, 0.29) is 29.4 Å². The lowest BCUT2D eigenvalue weighted by atomic mass is 10.0. The number of cyclic esters (lactones) is 1. The van der Waals surface area contributed by atoms with Crippen molar-refractivity contribution in [2.45, 2.75) is 24.8 Å². The van der Waals surface area contributed by atoms with Crippen molar-refractivity contribution in [2.75, 3.05) is 26.6 Å². The number of esters is 2. The van der Waals surface area contributed by atoms with Crippen LogP contribution in [-0.4, -0.2) is 61.6 Å². The molecule has 0 aromatic heterocycles. The highest BCUT2D eigenvalue weighted by atomic mass is 32.2. The average molecular weight is 398 g/mol. The number of aromatic hydroxyl groups is 1. The molecule has 2 atom stereocenters. The average Bonchev–Trinajstić information content (AvgIpc) is 2.65. The fourth-order valence-corrected chi connectivity index (χ4v) is 3.68. The molecule has 0 aliphatic carbocycles. The van der Waals surface area contributed by atoms with Gasteiger partial charge in [0.05, 0.1) is 19.8 Å². The van der Waals surface area contributed by atoms with Crippen molar-refractivity contribution >= 4 is 29.6 Å². The third-order valence-electron chi connectivity index (χ3n) is 4.11. The molecule has 0 unspecified atom stereocenters. The van der Waals surface area contributed by atoms with Crippen LogP contribution in [0.3, 0.4) is 0 Å². The molecular formula is C17H22N2O7S. The zero-order valence-corrected chi connectivity index (χ0v) is 16.1. The molecule has 1 heterocycles.